The maximum atomic E-state index is 12.8. The highest BCUT2D eigenvalue weighted by atomic mass is 32.2. The van der Waals surface area contributed by atoms with E-state index in [-0.39, 0.29) is 16.9 Å². The number of carbonyl (C=O) groups is 1. The molecule has 3 saturated heterocycles. The molecule has 3 aliphatic rings. The Morgan fingerprint density at radius 2 is 2.33 bits per heavy atom. The number of nitrogens with one attached hydrogen (secondary N) is 1. The Morgan fingerprint density at radius 1 is 1.44 bits per heavy atom. The van der Waals surface area contributed by atoms with Gasteiger partial charge in [0.05, 0.1) is 5.60 Å². The largest absolute Gasteiger partial charge is 0.374 e. The molecule has 0 saturated carbocycles. The number of ether oxygens (including phenoxy) is 1. The van der Waals surface area contributed by atoms with E-state index in [1.165, 1.54) is 5.75 Å². The van der Waals surface area contributed by atoms with Crippen molar-refractivity contribution in [2.75, 3.05) is 31.2 Å². The molecule has 4 heteroatoms. The van der Waals surface area contributed by atoms with Crippen LogP contribution >= 0.6 is 11.8 Å². The molecule has 3 rings (SSSR count). The van der Waals surface area contributed by atoms with E-state index in [9.17, 15) is 4.79 Å². The molecule has 0 aromatic rings. The number of rotatable bonds is 2. The molecule has 18 heavy (non-hydrogen) atoms. The van der Waals surface area contributed by atoms with Gasteiger partial charge in [0, 0.05) is 30.2 Å². The minimum absolute atomic E-state index is 0.0334. The maximum absolute atomic E-state index is 12.8. The van der Waals surface area contributed by atoms with Crippen molar-refractivity contribution in [2.24, 2.45) is 11.3 Å². The van der Waals surface area contributed by atoms with Gasteiger partial charge in [-0.05, 0) is 38.0 Å². The molecule has 0 bridgehead atoms. The van der Waals surface area contributed by atoms with E-state index in [1.54, 1.807) is 0 Å². The number of Topliss-reactive ketones (excluding diaryl/α,β-unsaturated/α-hetero) is 1. The van der Waals surface area contributed by atoms with Gasteiger partial charge in [0.1, 0.15) is 5.78 Å². The minimum Gasteiger partial charge on any atom is -0.374 e. The van der Waals surface area contributed by atoms with Crippen LogP contribution in [-0.2, 0) is 9.53 Å². The lowest BCUT2D eigenvalue weighted by Gasteiger charge is -2.39. The highest BCUT2D eigenvalue weighted by Gasteiger charge is 2.47. The van der Waals surface area contributed by atoms with Crippen molar-refractivity contribution in [1.29, 1.82) is 0 Å². The number of ketones is 1. The normalized spacial score (nSPS) is 44.6. The standard InChI is InChI=1S/C14H23NO2S/c1-13(3-5-15-9-13)12(16)11-2-6-17-14(8-11)4-7-18-10-14/h11,15H,2-10H2,1H3. The van der Waals surface area contributed by atoms with Crippen LogP contribution in [0.4, 0.5) is 0 Å². The summed E-state index contributed by atoms with van der Waals surface area (Å²) in [5, 5.41) is 3.34. The van der Waals surface area contributed by atoms with E-state index in [2.05, 4.69) is 12.2 Å². The Labute approximate surface area is 113 Å². The van der Waals surface area contributed by atoms with Crippen LogP contribution in [0.3, 0.4) is 0 Å². The number of hydrogen-bond donors (Lipinski definition) is 1. The van der Waals surface area contributed by atoms with Gasteiger partial charge in [-0.2, -0.15) is 11.8 Å². The molecule has 0 radical (unpaired) electrons. The first-order chi connectivity index (χ1) is 8.64. The Hall–Kier alpha value is -0.0600. The molecular weight excluding hydrogens is 246 g/mol. The van der Waals surface area contributed by atoms with E-state index in [0.717, 1.165) is 51.1 Å². The number of carbonyl (C=O) groups excluding carboxylic acids is 1. The van der Waals surface area contributed by atoms with Gasteiger partial charge in [-0.3, -0.25) is 4.79 Å². The summed E-state index contributed by atoms with van der Waals surface area (Å²) in [7, 11) is 0. The zero-order chi connectivity index (χ0) is 12.6. The van der Waals surface area contributed by atoms with Crippen molar-refractivity contribution in [3.8, 4) is 0 Å². The minimum atomic E-state index is -0.116. The third-order valence-electron chi connectivity index (χ3n) is 4.89. The molecule has 0 aromatic carbocycles. The van der Waals surface area contributed by atoms with E-state index in [0.29, 0.717) is 5.78 Å². The quantitative estimate of drug-likeness (QED) is 0.830. The second-order valence-electron chi connectivity index (χ2n) is 6.38. The summed E-state index contributed by atoms with van der Waals surface area (Å²) in [6, 6.07) is 0. The Balaban J connectivity index is 1.70. The van der Waals surface area contributed by atoms with Crippen molar-refractivity contribution >= 4 is 17.5 Å². The van der Waals surface area contributed by atoms with Crippen LogP contribution in [-0.4, -0.2) is 42.6 Å². The molecular formula is C14H23NO2S. The topological polar surface area (TPSA) is 38.3 Å². The molecule has 3 atom stereocenters. The van der Waals surface area contributed by atoms with Crippen LogP contribution in [0.15, 0.2) is 0 Å². The second-order valence-corrected chi connectivity index (χ2v) is 7.48. The van der Waals surface area contributed by atoms with Gasteiger partial charge in [-0.1, -0.05) is 6.92 Å². The van der Waals surface area contributed by atoms with Gasteiger partial charge < -0.3 is 10.1 Å². The Morgan fingerprint density at radius 3 is 3.00 bits per heavy atom. The van der Waals surface area contributed by atoms with Gasteiger partial charge in [0.15, 0.2) is 0 Å². The Kier molecular flexibility index (Phi) is 3.45. The van der Waals surface area contributed by atoms with E-state index < -0.39 is 0 Å². The summed E-state index contributed by atoms with van der Waals surface area (Å²) in [6.45, 7) is 4.78. The fraction of sp³-hybridized carbons (Fsp3) is 0.929. The lowest BCUT2D eigenvalue weighted by molar-refractivity contribution is -0.141. The summed E-state index contributed by atoms with van der Waals surface area (Å²) in [6.07, 6.45) is 4.04. The van der Waals surface area contributed by atoms with Crippen molar-refractivity contribution in [3.05, 3.63) is 0 Å². The third kappa shape index (κ3) is 2.23. The zero-order valence-electron chi connectivity index (χ0n) is 11.2. The van der Waals surface area contributed by atoms with Gasteiger partial charge in [0.25, 0.3) is 0 Å². The maximum Gasteiger partial charge on any atom is 0.143 e. The van der Waals surface area contributed by atoms with Crippen LogP contribution < -0.4 is 5.32 Å². The average molecular weight is 269 g/mol. The van der Waals surface area contributed by atoms with Gasteiger partial charge in [-0.15, -0.1) is 0 Å². The van der Waals surface area contributed by atoms with Crippen LogP contribution in [0.25, 0.3) is 0 Å². The fourth-order valence-corrected chi connectivity index (χ4v) is 5.01. The molecule has 3 fully saturated rings. The van der Waals surface area contributed by atoms with Gasteiger partial charge in [-0.25, -0.2) is 0 Å². The van der Waals surface area contributed by atoms with Crippen LogP contribution in [0.2, 0.25) is 0 Å². The van der Waals surface area contributed by atoms with E-state index >= 15 is 0 Å². The Bertz CT molecular complexity index is 333. The summed E-state index contributed by atoms with van der Waals surface area (Å²) in [5.74, 6) is 3.01. The first-order valence-electron chi connectivity index (χ1n) is 7.10. The first-order valence-corrected chi connectivity index (χ1v) is 8.26. The lowest BCUT2D eigenvalue weighted by atomic mass is 9.73. The predicted molar refractivity (Wildman–Crippen MR) is 73.9 cm³/mol. The molecule has 0 aromatic heterocycles. The number of thioether (sulfide) groups is 1. The SMILES string of the molecule is CC1(C(=O)C2CCOC3(CCSC3)C2)CCNC1. The predicted octanol–water partition coefficient (Wildman–Crippen LogP) is 1.86. The zero-order valence-corrected chi connectivity index (χ0v) is 12.0. The molecule has 1 N–H and O–H groups in total. The molecule has 1 spiro atoms. The summed E-state index contributed by atoms with van der Waals surface area (Å²) < 4.78 is 6.01. The summed E-state index contributed by atoms with van der Waals surface area (Å²) in [5.41, 5.74) is -0.0828. The molecule has 3 heterocycles. The lowest BCUT2D eigenvalue weighted by Crippen LogP contribution is -2.45. The molecule has 3 unspecified atom stereocenters. The van der Waals surface area contributed by atoms with E-state index in [4.69, 9.17) is 4.74 Å². The van der Waals surface area contributed by atoms with E-state index in [1.807, 2.05) is 11.8 Å². The summed E-state index contributed by atoms with van der Waals surface area (Å²) in [4.78, 5) is 12.8. The van der Waals surface area contributed by atoms with Crippen molar-refractivity contribution < 1.29 is 9.53 Å². The highest BCUT2D eigenvalue weighted by Crippen LogP contribution is 2.43. The van der Waals surface area contributed by atoms with Crippen molar-refractivity contribution in [2.45, 2.75) is 38.2 Å². The molecule has 0 amide bonds. The number of hydrogen-bond acceptors (Lipinski definition) is 4. The van der Waals surface area contributed by atoms with Crippen molar-refractivity contribution in [1.82, 2.24) is 5.32 Å². The highest BCUT2D eigenvalue weighted by molar-refractivity contribution is 7.99. The molecule has 3 nitrogen and oxygen atoms in total. The van der Waals surface area contributed by atoms with Crippen molar-refractivity contribution in [3.63, 3.8) is 0 Å². The van der Waals surface area contributed by atoms with Crippen LogP contribution in [0.1, 0.15) is 32.6 Å². The second kappa shape index (κ2) is 4.80. The fourth-order valence-electron chi connectivity index (χ4n) is 3.63. The van der Waals surface area contributed by atoms with Crippen LogP contribution in [0.5, 0.6) is 0 Å². The summed E-state index contributed by atoms with van der Waals surface area (Å²) >= 11 is 1.98. The average Bonchev–Trinajstić information content (AvgIpc) is 2.99. The molecule has 102 valence electrons. The monoisotopic (exact) mass is 269 g/mol. The first kappa shape index (κ1) is 12.9. The smallest absolute Gasteiger partial charge is 0.143 e. The van der Waals surface area contributed by atoms with Gasteiger partial charge in [0.2, 0.25) is 0 Å². The third-order valence-corrected chi connectivity index (χ3v) is 6.12. The molecule has 0 aliphatic carbocycles. The molecule has 3 aliphatic heterocycles. The van der Waals surface area contributed by atoms with Gasteiger partial charge >= 0.3 is 0 Å². The van der Waals surface area contributed by atoms with Crippen LogP contribution in [0, 0.1) is 11.3 Å².